The van der Waals surface area contributed by atoms with Crippen molar-refractivity contribution in [1.29, 1.82) is 0 Å². The molecule has 0 aliphatic rings. The summed E-state index contributed by atoms with van der Waals surface area (Å²) in [6.45, 7) is 3.83. The van der Waals surface area contributed by atoms with Crippen molar-refractivity contribution >= 4 is 11.6 Å². The minimum atomic E-state index is 0.0147. The highest BCUT2D eigenvalue weighted by Crippen LogP contribution is 2.26. The molecule has 1 aromatic heterocycles. The van der Waals surface area contributed by atoms with E-state index in [9.17, 15) is 0 Å². The van der Waals surface area contributed by atoms with Crippen molar-refractivity contribution in [3.8, 4) is 11.5 Å². The highest BCUT2D eigenvalue weighted by Gasteiger charge is 2.13. The Balaban J connectivity index is 2.34. The van der Waals surface area contributed by atoms with E-state index in [0.29, 0.717) is 23.2 Å². The Labute approximate surface area is 105 Å². The molecule has 0 bridgehead atoms. The lowest BCUT2D eigenvalue weighted by atomic mass is 10.1. The second-order valence-electron chi connectivity index (χ2n) is 4.11. The first kappa shape index (κ1) is 12.1. The van der Waals surface area contributed by atoms with Gasteiger partial charge in [-0.3, -0.25) is 0 Å². The fraction of sp³-hybridized carbons (Fsp3) is 0.333. The lowest BCUT2D eigenvalue weighted by Gasteiger charge is -2.01. The number of hydrogen-bond donors (Lipinski definition) is 1. The second kappa shape index (κ2) is 4.85. The molecule has 0 aliphatic carbocycles. The molecule has 4 nitrogen and oxygen atoms in total. The van der Waals surface area contributed by atoms with Crippen LogP contribution in [-0.2, 0) is 6.42 Å². The summed E-state index contributed by atoms with van der Waals surface area (Å²) in [5.41, 5.74) is 7.48. The van der Waals surface area contributed by atoms with Gasteiger partial charge in [0, 0.05) is 23.0 Å². The lowest BCUT2D eigenvalue weighted by molar-refractivity contribution is 0.420. The van der Waals surface area contributed by atoms with E-state index in [-0.39, 0.29) is 6.04 Å². The van der Waals surface area contributed by atoms with Gasteiger partial charge in [0.05, 0.1) is 0 Å². The van der Waals surface area contributed by atoms with Crippen LogP contribution in [0, 0.1) is 6.92 Å². The van der Waals surface area contributed by atoms with E-state index in [1.165, 1.54) is 0 Å². The highest BCUT2D eigenvalue weighted by molar-refractivity contribution is 6.31. The summed E-state index contributed by atoms with van der Waals surface area (Å²) in [7, 11) is 0. The average molecular weight is 252 g/mol. The summed E-state index contributed by atoms with van der Waals surface area (Å²) in [6, 6.07) is 5.62. The van der Waals surface area contributed by atoms with E-state index in [1.807, 2.05) is 32.0 Å². The number of hydrogen-bond acceptors (Lipinski definition) is 4. The summed E-state index contributed by atoms with van der Waals surface area (Å²) in [5.74, 6) is 1.11. The molecule has 1 aromatic carbocycles. The topological polar surface area (TPSA) is 64.9 Å². The number of benzene rings is 1. The van der Waals surface area contributed by atoms with Crippen LogP contribution in [0.2, 0.25) is 5.02 Å². The van der Waals surface area contributed by atoms with Crippen molar-refractivity contribution < 1.29 is 4.52 Å². The summed E-state index contributed by atoms with van der Waals surface area (Å²) >= 11 is 6.05. The summed E-state index contributed by atoms with van der Waals surface area (Å²) in [5, 5.41) is 4.58. The van der Waals surface area contributed by atoms with Gasteiger partial charge in [0.25, 0.3) is 5.89 Å². The third-order valence-corrected chi connectivity index (χ3v) is 2.88. The van der Waals surface area contributed by atoms with Gasteiger partial charge in [-0.05, 0) is 31.5 Å². The summed E-state index contributed by atoms with van der Waals surface area (Å²) in [4.78, 5) is 4.31. The Morgan fingerprint density at radius 1 is 1.47 bits per heavy atom. The van der Waals surface area contributed by atoms with Gasteiger partial charge in [-0.25, -0.2) is 0 Å². The van der Waals surface area contributed by atoms with Crippen LogP contribution in [0.15, 0.2) is 22.7 Å². The zero-order chi connectivity index (χ0) is 12.4. The molecule has 2 aromatic rings. The van der Waals surface area contributed by atoms with Crippen LogP contribution >= 0.6 is 11.6 Å². The fourth-order valence-electron chi connectivity index (χ4n) is 1.57. The maximum absolute atomic E-state index is 6.05. The van der Waals surface area contributed by atoms with Crippen molar-refractivity contribution in [2.45, 2.75) is 26.3 Å². The largest absolute Gasteiger partial charge is 0.334 e. The Morgan fingerprint density at radius 2 is 2.24 bits per heavy atom. The van der Waals surface area contributed by atoms with Crippen LogP contribution in [0.3, 0.4) is 0 Å². The van der Waals surface area contributed by atoms with Gasteiger partial charge in [0.1, 0.15) is 0 Å². The molecule has 1 unspecified atom stereocenters. The maximum Gasteiger partial charge on any atom is 0.258 e. The Bertz CT molecular complexity index is 522. The Kier molecular flexibility index (Phi) is 3.45. The average Bonchev–Trinajstić information content (AvgIpc) is 2.69. The van der Waals surface area contributed by atoms with Crippen LogP contribution in [0.4, 0.5) is 0 Å². The van der Waals surface area contributed by atoms with Crippen LogP contribution in [0.25, 0.3) is 11.5 Å². The molecule has 2 N–H and O–H groups in total. The molecule has 1 atom stereocenters. The maximum atomic E-state index is 6.05. The lowest BCUT2D eigenvalue weighted by Crippen LogP contribution is -2.18. The van der Waals surface area contributed by atoms with Crippen molar-refractivity contribution in [2.24, 2.45) is 5.73 Å². The number of rotatable bonds is 3. The molecular formula is C12H14ClN3O. The van der Waals surface area contributed by atoms with Crippen molar-refractivity contribution in [2.75, 3.05) is 0 Å². The van der Waals surface area contributed by atoms with E-state index < -0.39 is 0 Å². The normalized spacial score (nSPS) is 12.7. The second-order valence-corrected chi connectivity index (χ2v) is 4.52. The predicted octanol–water partition coefficient (Wildman–Crippen LogP) is 2.59. The molecule has 0 saturated heterocycles. The van der Waals surface area contributed by atoms with E-state index in [0.717, 1.165) is 11.1 Å². The van der Waals surface area contributed by atoms with Crippen LogP contribution in [-0.4, -0.2) is 16.2 Å². The van der Waals surface area contributed by atoms with E-state index >= 15 is 0 Å². The molecule has 0 radical (unpaired) electrons. The predicted molar refractivity (Wildman–Crippen MR) is 66.8 cm³/mol. The van der Waals surface area contributed by atoms with Crippen LogP contribution in [0.1, 0.15) is 18.3 Å². The number of nitrogens with zero attached hydrogens (tertiary/aromatic N) is 2. The molecule has 90 valence electrons. The van der Waals surface area contributed by atoms with Gasteiger partial charge in [0.15, 0.2) is 5.82 Å². The monoisotopic (exact) mass is 251 g/mol. The molecule has 1 heterocycles. The van der Waals surface area contributed by atoms with E-state index in [1.54, 1.807) is 0 Å². The third kappa shape index (κ3) is 2.65. The quantitative estimate of drug-likeness (QED) is 0.911. The molecule has 0 spiro atoms. The van der Waals surface area contributed by atoms with E-state index in [4.69, 9.17) is 21.9 Å². The Morgan fingerprint density at radius 3 is 2.94 bits per heavy atom. The number of nitrogens with two attached hydrogens (primary N) is 1. The van der Waals surface area contributed by atoms with Gasteiger partial charge >= 0.3 is 0 Å². The third-order valence-electron chi connectivity index (χ3n) is 2.47. The molecule has 17 heavy (non-hydrogen) atoms. The minimum absolute atomic E-state index is 0.0147. The van der Waals surface area contributed by atoms with Gasteiger partial charge in [-0.2, -0.15) is 4.98 Å². The SMILES string of the molecule is Cc1c(Cl)cccc1-c1nc(CC(C)N)no1. The molecule has 0 fully saturated rings. The summed E-state index contributed by atoms with van der Waals surface area (Å²) < 4.78 is 5.21. The highest BCUT2D eigenvalue weighted by atomic mass is 35.5. The van der Waals surface area contributed by atoms with Gasteiger partial charge in [-0.15, -0.1) is 0 Å². The first-order valence-electron chi connectivity index (χ1n) is 5.41. The van der Waals surface area contributed by atoms with Gasteiger partial charge in [-0.1, -0.05) is 22.8 Å². The van der Waals surface area contributed by atoms with Crippen molar-refractivity contribution in [1.82, 2.24) is 10.1 Å². The molecule has 0 aliphatic heterocycles. The Hall–Kier alpha value is -1.39. The standard InChI is InChI=1S/C12H14ClN3O/c1-7(14)6-11-15-12(17-16-11)9-4-3-5-10(13)8(9)2/h3-5,7H,6,14H2,1-2H3. The minimum Gasteiger partial charge on any atom is -0.334 e. The number of aromatic nitrogens is 2. The number of halogens is 1. The van der Waals surface area contributed by atoms with E-state index in [2.05, 4.69) is 10.1 Å². The van der Waals surface area contributed by atoms with Crippen molar-refractivity contribution in [3.63, 3.8) is 0 Å². The molecule has 0 amide bonds. The smallest absolute Gasteiger partial charge is 0.258 e. The van der Waals surface area contributed by atoms with Gasteiger partial charge in [0.2, 0.25) is 0 Å². The fourth-order valence-corrected chi connectivity index (χ4v) is 1.75. The van der Waals surface area contributed by atoms with Crippen LogP contribution in [0.5, 0.6) is 0 Å². The molecule has 2 rings (SSSR count). The molecular weight excluding hydrogens is 238 g/mol. The first-order chi connectivity index (χ1) is 8.08. The zero-order valence-corrected chi connectivity index (χ0v) is 10.5. The van der Waals surface area contributed by atoms with Crippen LogP contribution < -0.4 is 5.73 Å². The molecule has 0 saturated carbocycles. The van der Waals surface area contributed by atoms with Gasteiger partial charge < -0.3 is 10.3 Å². The zero-order valence-electron chi connectivity index (χ0n) is 9.77. The van der Waals surface area contributed by atoms with Crippen molar-refractivity contribution in [3.05, 3.63) is 34.6 Å². The molecule has 5 heteroatoms. The summed E-state index contributed by atoms with van der Waals surface area (Å²) in [6.07, 6.45) is 0.600. The first-order valence-corrected chi connectivity index (χ1v) is 5.79.